The molecular formula is C20H16N4O3S. The van der Waals surface area contributed by atoms with E-state index in [1.54, 1.807) is 12.1 Å². The number of hydrogen-bond donors (Lipinski definition) is 1. The molecule has 7 nitrogen and oxygen atoms in total. The molecule has 28 heavy (non-hydrogen) atoms. The number of rotatable bonds is 6. The van der Waals surface area contributed by atoms with Crippen LogP contribution in [0.5, 0.6) is 5.75 Å². The molecular weight excluding hydrogens is 376 g/mol. The van der Waals surface area contributed by atoms with E-state index in [-0.39, 0.29) is 5.69 Å². The summed E-state index contributed by atoms with van der Waals surface area (Å²) in [5, 5.41) is 17.2. The number of benzene rings is 2. The number of nitro groups is 1. The monoisotopic (exact) mass is 392 g/mol. The first kappa shape index (κ1) is 17.9. The second kappa shape index (κ2) is 7.61. The van der Waals surface area contributed by atoms with Gasteiger partial charge in [-0.2, -0.15) is 0 Å². The minimum atomic E-state index is -0.397. The van der Waals surface area contributed by atoms with Crippen LogP contribution in [0.3, 0.4) is 0 Å². The maximum atomic E-state index is 11.2. The highest BCUT2D eigenvalue weighted by Gasteiger charge is 2.16. The summed E-state index contributed by atoms with van der Waals surface area (Å²) in [6, 6.07) is 14.2. The Hall–Kier alpha value is -3.52. The Balaban J connectivity index is 1.82. The lowest BCUT2D eigenvalue weighted by Crippen LogP contribution is -2.00. The van der Waals surface area contributed by atoms with Crippen LogP contribution in [0, 0.1) is 10.1 Å². The van der Waals surface area contributed by atoms with Crippen molar-refractivity contribution < 1.29 is 9.66 Å². The minimum Gasteiger partial charge on any atom is -0.492 e. The van der Waals surface area contributed by atoms with Crippen molar-refractivity contribution in [2.24, 2.45) is 0 Å². The van der Waals surface area contributed by atoms with Crippen LogP contribution in [-0.2, 0) is 0 Å². The zero-order chi connectivity index (χ0) is 19.5. The molecule has 4 rings (SSSR count). The van der Waals surface area contributed by atoms with Crippen LogP contribution in [-0.4, -0.2) is 21.5 Å². The van der Waals surface area contributed by atoms with Crippen LogP contribution >= 0.6 is 11.3 Å². The van der Waals surface area contributed by atoms with Gasteiger partial charge in [-0.3, -0.25) is 10.1 Å². The lowest BCUT2D eigenvalue weighted by atomic mass is 10.1. The van der Waals surface area contributed by atoms with Crippen LogP contribution in [0.25, 0.3) is 21.3 Å². The number of hydrogen-bond acceptors (Lipinski definition) is 7. The predicted octanol–water partition coefficient (Wildman–Crippen LogP) is 5.41. The van der Waals surface area contributed by atoms with E-state index in [1.165, 1.54) is 23.7 Å². The summed E-state index contributed by atoms with van der Waals surface area (Å²) < 4.78 is 5.68. The Morgan fingerprint density at radius 1 is 1.18 bits per heavy atom. The number of thiophene rings is 1. The number of para-hydroxylation sites is 2. The van der Waals surface area contributed by atoms with Gasteiger partial charge in [-0.1, -0.05) is 24.3 Å². The summed E-state index contributed by atoms with van der Waals surface area (Å²) in [7, 11) is 0. The number of aromatic nitrogens is 2. The fourth-order valence-electron chi connectivity index (χ4n) is 2.95. The Bertz CT molecular complexity index is 1160. The molecule has 0 unspecified atom stereocenters. The molecule has 0 radical (unpaired) electrons. The number of nitrogens with zero attached hydrogens (tertiary/aromatic N) is 3. The Kier molecular flexibility index (Phi) is 4.86. The van der Waals surface area contributed by atoms with Gasteiger partial charge in [0.1, 0.15) is 22.7 Å². The molecule has 0 aliphatic rings. The van der Waals surface area contributed by atoms with Gasteiger partial charge in [-0.05, 0) is 24.6 Å². The third-order valence-electron chi connectivity index (χ3n) is 4.18. The molecule has 0 saturated carbocycles. The van der Waals surface area contributed by atoms with Crippen molar-refractivity contribution in [1.82, 2.24) is 9.97 Å². The fraction of sp³-hybridized carbons (Fsp3) is 0.100. The SMILES string of the molecule is CCOc1ccccc1Nc1ncnc2scc(-c3cccc([N+](=O)[O-])c3)c12. The van der Waals surface area contributed by atoms with Crippen molar-refractivity contribution in [1.29, 1.82) is 0 Å². The summed E-state index contributed by atoms with van der Waals surface area (Å²) in [5.74, 6) is 1.35. The highest BCUT2D eigenvalue weighted by molar-refractivity contribution is 7.17. The van der Waals surface area contributed by atoms with Crippen molar-refractivity contribution in [2.75, 3.05) is 11.9 Å². The summed E-state index contributed by atoms with van der Waals surface area (Å²) in [4.78, 5) is 20.3. The molecule has 1 N–H and O–H groups in total. The van der Waals surface area contributed by atoms with E-state index in [2.05, 4.69) is 15.3 Å². The van der Waals surface area contributed by atoms with E-state index < -0.39 is 4.92 Å². The van der Waals surface area contributed by atoms with Gasteiger partial charge in [-0.25, -0.2) is 9.97 Å². The Labute approximate surface area is 164 Å². The first-order chi connectivity index (χ1) is 13.7. The number of ether oxygens (including phenoxy) is 1. The third kappa shape index (κ3) is 3.37. The largest absolute Gasteiger partial charge is 0.492 e. The molecule has 0 aliphatic heterocycles. The molecule has 0 saturated heterocycles. The summed E-state index contributed by atoms with van der Waals surface area (Å²) in [6.45, 7) is 2.48. The highest BCUT2D eigenvalue weighted by Crippen LogP contribution is 2.39. The molecule has 0 atom stereocenters. The fourth-order valence-corrected chi connectivity index (χ4v) is 3.86. The van der Waals surface area contributed by atoms with Gasteiger partial charge in [0.2, 0.25) is 0 Å². The number of anilines is 2. The number of non-ortho nitro benzene ring substituents is 1. The van der Waals surface area contributed by atoms with E-state index in [0.717, 1.165) is 32.8 Å². The van der Waals surface area contributed by atoms with Gasteiger partial charge in [-0.15, -0.1) is 11.3 Å². The van der Waals surface area contributed by atoms with E-state index in [1.807, 2.05) is 42.6 Å². The average Bonchev–Trinajstić information content (AvgIpc) is 3.15. The van der Waals surface area contributed by atoms with Crippen molar-refractivity contribution in [3.05, 3.63) is 70.4 Å². The van der Waals surface area contributed by atoms with Crippen molar-refractivity contribution in [3.63, 3.8) is 0 Å². The van der Waals surface area contributed by atoms with E-state index in [4.69, 9.17) is 4.74 Å². The first-order valence-corrected chi connectivity index (χ1v) is 9.51. The van der Waals surface area contributed by atoms with Gasteiger partial charge < -0.3 is 10.1 Å². The molecule has 0 bridgehead atoms. The molecule has 8 heteroatoms. The number of nitro benzene ring substituents is 1. The van der Waals surface area contributed by atoms with Crippen LogP contribution in [0.2, 0.25) is 0 Å². The van der Waals surface area contributed by atoms with Crippen molar-refractivity contribution in [3.8, 4) is 16.9 Å². The number of fused-ring (bicyclic) bond motifs is 1. The maximum absolute atomic E-state index is 11.2. The van der Waals surface area contributed by atoms with Gasteiger partial charge in [0.25, 0.3) is 5.69 Å². The number of nitrogens with one attached hydrogen (secondary N) is 1. The molecule has 0 fully saturated rings. The third-order valence-corrected chi connectivity index (χ3v) is 5.06. The molecule has 2 aromatic heterocycles. The van der Waals surface area contributed by atoms with Gasteiger partial charge >= 0.3 is 0 Å². The first-order valence-electron chi connectivity index (χ1n) is 8.63. The zero-order valence-electron chi connectivity index (χ0n) is 15.0. The van der Waals surface area contributed by atoms with Gasteiger partial charge in [0.15, 0.2) is 0 Å². The Morgan fingerprint density at radius 3 is 2.86 bits per heavy atom. The Morgan fingerprint density at radius 2 is 2.04 bits per heavy atom. The minimum absolute atomic E-state index is 0.0462. The van der Waals surface area contributed by atoms with Crippen molar-refractivity contribution >= 4 is 38.7 Å². The lowest BCUT2D eigenvalue weighted by Gasteiger charge is -2.12. The highest BCUT2D eigenvalue weighted by atomic mass is 32.1. The summed E-state index contributed by atoms with van der Waals surface area (Å²) >= 11 is 1.47. The van der Waals surface area contributed by atoms with Crippen LogP contribution in [0.15, 0.2) is 60.2 Å². The molecule has 4 aromatic rings. The van der Waals surface area contributed by atoms with Crippen molar-refractivity contribution in [2.45, 2.75) is 6.92 Å². The maximum Gasteiger partial charge on any atom is 0.270 e. The van der Waals surface area contributed by atoms with E-state index in [0.29, 0.717) is 12.4 Å². The molecule has 140 valence electrons. The topological polar surface area (TPSA) is 90.2 Å². The molecule has 0 aliphatic carbocycles. The average molecular weight is 392 g/mol. The second-order valence-corrected chi connectivity index (χ2v) is 6.77. The van der Waals surface area contributed by atoms with Crippen LogP contribution in [0.4, 0.5) is 17.2 Å². The molecule has 2 heterocycles. The summed E-state index contributed by atoms with van der Waals surface area (Å²) in [5.41, 5.74) is 2.43. The molecule has 0 spiro atoms. The quantitative estimate of drug-likeness (QED) is 0.349. The normalized spacial score (nSPS) is 10.8. The second-order valence-electron chi connectivity index (χ2n) is 5.91. The van der Waals surface area contributed by atoms with E-state index >= 15 is 0 Å². The zero-order valence-corrected chi connectivity index (χ0v) is 15.8. The summed E-state index contributed by atoms with van der Waals surface area (Å²) in [6.07, 6.45) is 1.50. The van der Waals surface area contributed by atoms with Gasteiger partial charge in [0, 0.05) is 23.1 Å². The molecule has 2 aromatic carbocycles. The van der Waals surface area contributed by atoms with Crippen LogP contribution < -0.4 is 10.1 Å². The lowest BCUT2D eigenvalue weighted by molar-refractivity contribution is -0.384. The van der Waals surface area contributed by atoms with Gasteiger partial charge in [0.05, 0.1) is 22.6 Å². The molecule has 0 amide bonds. The standard InChI is InChI=1S/C20H16N4O3S/c1-2-27-17-9-4-3-8-16(17)23-19-18-15(11-28-20(18)22-12-21-19)13-6-5-7-14(10-13)24(25)26/h3-12H,2H2,1H3,(H,21,22,23). The van der Waals surface area contributed by atoms with E-state index in [9.17, 15) is 10.1 Å². The predicted molar refractivity (Wildman–Crippen MR) is 110 cm³/mol. The van der Waals surface area contributed by atoms with Crippen LogP contribution in [0.1, 0.15) is 6.92 Å². The smallest absolute Gasteiger partial charge is 0.270 e.